The molecule has 0 aliphatic heterocycles. The van der Waals surface area contributed by atoms with E-state index >= 15 is 0 Å². The largest absolute Gasteiger partial charge is 0.368 e. The van der Waals surface area contributed by atoms with E-state index in [1.807, 2.05) is 0 Å². The summed E-state index contributed by atoms with van der Waals surface area (Å²) >= 11 is 0. The van der Waals surface area contributed by atoms with Crippen LogP contribution in [0.25, 0.3) is 0 Å². The minimum absolute atomic E-state index is 0.0873. The van der Waals surface area contributed by atoms with Gasteiger partial charge in [-0.1, -0.05) is 0 Å². The molecule has 14 heavy (non-hydrogen) atoms. The Balaban J connectivity index is 1.92. The molecule has 2 atom stereocenters. The summed E-state index contributed by atoms with van der Waals surface area (Å²) in [5.41, 5.74) is 5.05. The van der Waals surface area contributed by atoms with Crippen molar-refractivity contribution in [2.45, 2.75) is 25.2 Å². The first-order valence-corrected chi connectivity index (χ1v) is 4.96. The summed E-state index contributed by atoms with van der Waals surface area (Å²) < 4.78 is 0. The number of fused-ring (bicyclic) bond motifs is 1. The molecule has 2 aliphatic carbocycles. The number of nitrogen functional groups attached to an aromatic ring is 1. The lowest BCUT2D eigenvalue weighted by Gasteiger charge is -2.09. The van der Waals surface area contributed by atoms with E-state index in [-0.39, 0.29) is 11.6 Å². The maximum atomic E-state index is 11.1. The van der Waals surface area contributed by atoms with Gasteiger partial charge < -0.3 is 5.73 Å². The summed E-state index contributed by atoms with van der Waals surface area (Å²) in [6.07, 6.45) is 3.66. The quantitative estimate of drug-likeness (QED) is 0.668. The van der Waals surface area contributed by atoms with E-state index in [9.17, 15) is 4.79 Å². The second kappa shape index (κ2) is 2.56. The summed E-state index contributed by atoms with van der Waals surface area (Å²) in [6.45, 7) is 0. The molecule has 3 N–H and O–H groups in total. The van der Waals surface area contributed by atoms with Crippen LogP contribution in [-0.2, 0) is 0 Å². The van der Waals surface area contributed by atoms with Gasteiger partial charge in [-0.3, -0.25) is 4.98 Å². The SMILES string of the molecule is Nc1nc(C2CC3CC3C2)[nH]c(=O)n1. The molecule has 3 rings (SSSR count). The Hall–Kier alpha value is -1.39. The number of aromatic amines is 1. The minimum Gasteiger partial charge on any atom is -0.368 e. The molecule has 1 heterocycles. The fraction of sp³-hybridized carbons (Fsp3) is 0.667. The van der Waals surface area contributed by atoms with E-state index in [2.05, 4.69) is 15.0 Å². The summed E-state index contributed by atoms with van der Waals surface area (Å²) in [5, 5.41) is 0. The van der Waals surface area contributed by atoms with Crippen LogP contribution in [-0.4, -0.2) is 15.0 Å². The number of anilines is 1. The predicted molar refractivity (Wildman–Crippen MR) is 50.6 cm³/mol. The summed E-state index contributed by atoms with van der Waals surface area (Å²) in [6, 6.07) is 0. The van der Waals surface area contributed by atoms with E-state index < -0.39 is 0 Å². The number of rotatable bonds is 1. The highest BCUT2D eigenvalue weighted by molar-refractivity contribution is 5.16. The molecule has 0 spiro atoms. The van der Waals surface area contributed by atoms with Crippen molar-refractivity contribution in [3.63, 3.8) is 0 Å². The van der Waals surface area contributed by atoms with Gasteiger partial charge in [0, 0.05) is 5.92 Å². The number of H-pyrrole nitrogens is 1. The molecule has 1 aromatic rings. The normalized spacial score (nSPS) is 34.1. The maximum absolute atomic E-state index is 11.1. The highest BCUT2D eigenvalue weighted by Crippen LogP contribution is 2.56. The topological polar surface area (TPSA) is 84.7 Å². The maximum Gasteiger partial charge on any atom is 0.349 e. The van der Waals surface area contributed by atoms with Crippen LogP contribution in [0.3, 0.4) is 0 Å². The average molecular weight is 192 g/mol. The van der Waals surface area contributed by atoms with Crippen LogP contribution in [0, 0.1) is 11.8 Å². The zero-order chi connectivity index (χ0) is 9.71. The van der Waals surface area contributed by atoms with Crippen LogP contribution >= 0.6 is 0 Å². The van der Waals surface area contributed by atoms with Gasteiger partial charge in [-0.25, -0.2) is 4.79 Å². The predicted octanol–water partition coefficient (Wildman–Crippen LogP) is 0.261. The van der Waals surface area contributed by atoms with Crippen molar-refractivity contribution < 1.29 is 0 Å². The number of hydrogen-bond acceptors (Lipinski definition) is 4. The third-order valence-electron chi connectivity index (χ3n) is 3.32. The van der Waals surface area contributed by atoms with E-state index in [4.69, 9.17) is 5.73 Å². The number of nitrogens with one attached hydrogen (secondary N) is 1. The van der Waals surface area contributed by atoms with Crippen molar-refractivity contribution in [2.24, 2.45) is 11.8 Å². The second-order valence-electron chi connectivity index (χ2n) is 4.32. The molecule has 0 bridgehead atoms. The van der Waals surface area contributed by atoms with Crippen molar-refractivity contribution in [1.29, 1.82) is 0 Å². The van der Waals surface area contributed by atoms with Crippen molar-refractivity contribution in [3.8, 4) is 0 Å². The molecule has 5 nitrogen and oxygen atoms in total. The molecule has 2 unspecified atom stereocenters. The summed E-state index contributed by atoms with van der Waals surface area (Å²) in [5.74, 6) is 2.97. The molecule has 2 saturated carbocycles. The van der Waals surface area contributed by atoms with E-state index in [0.717, 1.165) is 30.5 Å². The lowest BCUT2D eigenvalue weighted by Crippen LogP contribution is -2.19. The molecule has 0 radical (unpaired) electrons. The Morgan fingerprint density at radius 3 is 2.57 bits per heavy atom. The zero-order valence-electron chi connectivity index (χ0n) is 7.73. The second-order valence-corrected chi connectivity index (χ2v) is 4.32. The van der Waals surface area contributed by atoms with Crippen molar-refractivity contribution >= 4 is 5.95 Å². The van der Waals surface area contributed by atoms with Gasteiger partial charge in [0.15, 0.2) is 0 Å². The Labute approximate surface area is 80.8 Å². The monoisotopic (exact) mass is 192 g/mol. The lowest BCUT2D eigenvalue weighted by atomic mass is 10.0. The summed E-state index contributed by atoms with van der Waals surface area (Å²) in [7, 11) is 0. The number of hydrogen-bond donors (Lipinski definition) is 2. The van der Waals surface area contributed by atoms with Crippen molar-refractivity contribution in [1.82, 2.24) is 15.0 Å². The first-order valence-electron chi connectivity index (χ1n) is 4.96. The first kappa shape index (κ1) is 7.96. The Kier molecular flexibility index (Phi) is 1.45. The fourth-order valence-electron chi connectivity index (χ4n) is 2.55. The molecule has 5 heteroatoms. The highest BCUT2D eigenvalue weighted by atomic mass is 16.1. The number of nitrogens with two attached hydrogens (primary N) is 1. The number of nitrogens with zero attached hydrogens (tertiary/aromatic N) is 2. The molecular weight excluding hydrogens is 180 g/mol. The van der Waals surface area contributed by atoms with E-state index in [1.54, 1.807) is 0 Å². The third kappa shape index (κ3) is 1.20. The molecule has 1 aromatic heterocycles. The van der Waals surface area contributed by atoms with Gasteiger partial charge in [0.1, 0.15) is 5.82 Å². The molecular formula is C9H12N4O. The van der Waals surface area contributed by atoms with E-state index in [0.29, 0.717) is 5.92 Å². The fourth-order valence-corrected chi connectivity index (χ4v) is 2.55. The van der Waals surface area contributed by atoms with Crippen LogP contribution < -0.4 is 11.4 Å². The van der Waals surface area contributed by atoms with E-state index in [1.165, 1.54) is 6.42 Å². The third-order valence-corrected chi connectivity index (χ3v) is 3.32. The van der Waals surface area contributed by atoms with Crippen LogP contribution in [0.15, 0.2) is 4.79 Å². The van der Waals surface area contributed by atoms with Gasteiger partial charge in [-0.15, -0.1) is 0 Å². The van der Waals surface area contributed by atoms with Gasteiger partial charge in [-0.2, -0.15) is 9.97 Å². The van der Waals surface area contributed by atoms with Crippen LogP contribution in [0.2, 0.25) is 0 Å². The Morgan fingerprint density at radius 1 is 1.21 bits per heavy atom. The van der Waals surface area contributed by atoms with Gasteiger partial charge in [-0.05, 0) is 31.1 Å². The molecule has 2 aliphatic rings. The Morgan fingerprint density at radius 2 is 1.93 bits per heavy atom. The van der Waals surface area contributed by atoms with Gasteiger partial charge >= 0.3 is 5.69 Å². The van der Waals surface area contributed by atoms with Gasteiger partial charge in [0.25, 0.3) is 0 Å². The van der Waals surface area contributed by atoms with Crippen molar-refractivity contribution in [2.75, 3.05) is 5.73 Å². The first-order chi connectivity index (χ1) is 6.72. The molecule has 0 amide bonds. The molecule has 0 saturated heterocycles. The number of aromatic nitrogens is 3. The van der Waals surface area contributed by atoms with Gasteiger partial charge in [0.05, 0.1) is 0 Å². The smallest absolute Gasteiger partial charge is 0.349 e. The van der Waals surface area contributed by atoms with Crippen LogP contribution in [0.4, 0.5) is 5.95 Å². The zero-order valence-corrected chi connectivity index (χ0v) is 7.73. The Bertz CT molecular complexity index is 417. The van der Waals surface area contributed by atoms with Crippen molar-refractivity contribution in [3.05, 3.63) is 16.3 Å². The lowest BCUT2D eigenvalue weighted by molar-refractivity contribution is 0.584. The highest BCUT2D eigenvalue weighted by Gasteiger charge is 2.46. The molecule has 0 aromatic carbocycles. The van der Waals surface area contributed by atoms with Gasteiger partial charge in [0.2, 0.25) is 5.95 Å². The van der Waals surface area contributed by atoms with Crippen LogP contribution in [0.1, 0.15) is 31.0 Å². The minimum atomic E-state index is -0.381. The molecule has 74 valence electrons. The standard InChI is InChI=1S/C9H12N4O/c10-8-11-7(12-9(14)13-8)6-2-4-1-5(4)3-6/h4-6H,1-3H2,(H3,10,11,12,13,14). The van der Waals surface area contributed by atoms with Crippen LogP contribution in [0.5, 0.6) is 0 Å². The molecule has 2 fully saturated rings. The summed E-state index contributed by atoms with van der Waals surface area (Å²) in [4.78, 5) is 21.3. The average Bonchev–Trinajstić information content (AvgIpc) is 2.72.